The number of aryl methyl sites for hydroxylation is 1. The summed E-state index contributed by atoms with van der Waals surface area (Å²) in [6.07, 6.45) is -2.25. The molecule has 0 aliphatic heterocycles. The number of halogens is 3. The predicted molar refractivity (Wildman–Crippen MR) is 69.6 cm³/mol. The Morgan fingerprint density at radius 2 is 2.00 bits per heavy atom. The second-order valence-corrected chi connectivity index (χ2v) is 5.61. The van der Waals surface area contributed by atoms with Gasteiger partial charge >= 0.3 is 6.18 Å². The maximum Gasteiger partial charge on any atom is 0.391 e. The molecule has 1 aromatic carbocycles. The van der Waals surface area contributed by atoms with Crippen LogP contribution in [0.15, 0.2) is 24.3 Å². The summed E-state index contributed by atoms with van der Waals surface area (Å²) < 4.78 is 38.4. The molecule has 4 heteroatoms. The Labute approximate surface area is 112 Å². The third kappa shape index (κ3) is 3.50. The number of alkyl halides is 3. The van der Waals surface area contributed by atoms with Crippen LogP contribution in [0.5, 0.6) is 0 Å². The Bertz CT molecular complexity index is 428. The molecule has 106 valence electrons. The molecular formula is C15H20F3N. The third-order valence-electron chi connectivity index (χ3n) is 4.11. The zero-order valence-electron chi connectivity index (χ0n) is 11.1. The van der Waals surface area contributed by atoms with Gasteiger partial charge in [0.1, 0.15) is 0 Å². The summed E-state index contributed by atoms with van der Waals surface area (Å²) in [5.41, 5.74) is 8.22. The van der Waals surface area contributed by atoms with Gasteiger partial charge in [-0.15, -0.1) is 0 Å². The Balaban J connectivity index is 2.09. The zero-order chi connectivity index (χ0) is 14.0. The summed E-state index contributed by atoms with van der Waals surface area (Å²) in [6, 6.07) is 7.48. The lowest BCUT2D eigenvalue weighted by Crippen LogP contribution is -2.33. The normalized spacial score (nSPS) is 26.2. The maximum atomic E-state index is 12.8. The molecule has 0 amide bonds. The van der Waals surface area contributed by atoms with E-state index in [2.05, 4.69) is 0 Å². The van der Waals surface area contributed by atoms with Crippen LogP contribution in [0, 0.1) is 18.8 Å². The molecule has 3 unspecified atom stereocenters. The number of nitrogens with two attached hydrogens (primary N) is 1. The molecule has 0 saturated heterocycles. The molecule has 1 aromatic rings. The maximum absolute atomic E-state index is 12.8. The van der Waals surface area contributed by atoms with E-state index in [0.717, 1.165) is 17.5 Å². The topological polar surface area (TPSA) is 26.0 Å². The average Bonchev–Trinajstić information content (AvgIpc) is 2.37. The number of rotatable bonds is 2. The minimum Gasteiger partial charge on any atom is -0.324 e. The third-order valence-corrected chi connectivity index (χ3v) is 4.11. The van der Waals surface area contributed by atoms with E-state index in [1.54, 1.807) is 0 Å². The first-order chi connectivity index (χ1) is 8.88. The van der Waals surface area contributed by atoms with Crippen LogP contribution in [0.4, 0.5) is 13.2 Å². The second kappa shape index (κ2) is 5.53. The van der Waals surface area contributed by atoms with E-state index in [1.165, 1.54) is 0 Å². The van der Waals surface area contributed by atoms with Crippen molar-refractivity contribution in [3.05, 3.63) is 35.4 Å². The van der Waals surface area contributed by atoms with Crippen LogP contribution < -0.4 is 5.73 Å². The van der Waals surface area contributed by atoms with Crippen molar-refractivity contribution in [3.8, 4) is 0 Å². The highest BCUT2D eigenvalue weighted by molar-refractivity contribution is 5.25. The highest BCUT2D eigenvalue weighted by Crippen LogP contribution is 2.43. The number of benzene rings is 1. The predicted octanol–water partition coefficient (Wildman–Crippen LogP) is 4.36. The van der Waals surface area contributed by atoms with Crippen LogP contribution >= 0.6 is 0 Å². The summed E-state index contributed by atoms with van der Waals surface area (Å²) in [5, 5.41) is 0. The first-order valence-electron chi connectivity index (χ1n) is 6.77. The average molecular weight is 271 g/mol. The van der Waals surface area contributed by atoms with E-state index in [1.807, 2.05) is 31.2 Å². The van der Waals surface area contributed by atoms with E-state index in [-0.39, 0.29) is 24.8 Å². The van der Waals surface area contributed by atoms with E-state index in [9.17, 15) is 13.2 Å². The molecule has 0 heterocycles. The number of hydrogen-bond donors (Lipinski definition) is 1. The largest absolute Gasteiger partial charge is 0.391 e. The summed E-state index contributed by atoms with van der Waals surface area (Å²) in [6.45, 7) is 1.97. The lowest BCUT2D eigenvalue weighted by atomic mass is 9.76. The molecular weight excluding hydrogens is 251 g/mol. The van der Waals surface area contributed by atoms with Gasteiger partial charge in [0.05, 0.1) is 5.92 Å². The van der Waals surface area contributed by atoms with Gasteiger partial charge in [-0.05, 0) is 37.7 Å². The van der Waals surface area contributed by atoms with Crippen molar-refractivity contribution in [2.45, 2.75) is 44.8 Å². The van der Waals surface area contributed by atoms with E-state index < -0.39 is 12.1 Å². The van der Waals surface area contributed by atoms with Crippen molar-refractivity contribution in [1.82, 2.24) is 0 Å². The fourth-order valence-corrected chi connectivity index (χ4v) is 3.00. The Morgan fingerprint density at radius 1 is 1.26 bits per heavy atom. The second-order valence-electron chi connectivity index (χ2n) is 5.61. The quantitative estimate of drug-likeness (QED) is 0.849. The molecule has 0 spiro atoms. The van der Waals surface area contributed by atoms with Gasteiger partial charge < -0.3 is 5.73 Å². The summed E-state index contributed by atoms with van der Waals surface area (Å²) in [5.74, 6) is -1.25. The standard InChI is InChI=1S/C15H20F3N/c1-10-4-2-5-11(8-10)14(19)12-6-3-7-13(9-12)15(16,17)18/h2,4-5,8,12-14H,3,6-7,9,19H2,1H3. The Kier molecular flexibility index (Phi) is 4.19. The summed E-state index contributed by atoms with van der Waals surface area (Å²) in [7, 11) is 0. The van der Waals surface area contributed by atoms with E-state index in [4.69, 9.17) is 5.73 Å². The SMILES string of the molecule is Cc1cccc(C(N)C2CCCC(C(F)(F)F)C2)c1. The summed E-state index contributed by atoms with van der Waals surface area (Å²) in [4.78, 5) is 0. The molecule has 19 heavy (non-hydrogen) atoms. The zero-order valence-corrected chi connectivity index (χ0v) is 11.1. The lowest BCUT2D eigenvalue weighted by molar-refractivity contribution is -0.186. The summed E-state index contributed by atoms with van der Waals surface area (Å²) >= 11 is 0. The molecule has 1 saturated carbocycles. The highest BCUT2D eigenvalue weighted by Gasteiger charge is 2.43. The monoisotopic (exact) mass is 271 g/mol. The highest BCUT2D eigenvalue weighted by atomic mass is 19.4. The molecule has 1 aliphatic rings. The van der Waals surface area contributed by atoms with Gasteiger partial charge in [-0.2, -0.15) is 13.2 Å². The van der Waals surface area contributed by atoms with Crippen LogP contribution in [0.2, 0.25) is 0 Å². The van der Waals surface area contributed by atoms with Gasteiger partial charge in [0.2, 0.25) is 0 Å². The molecule has 0 radical (unpaired) electrons. The van der Waals surface area contributed by atoms with Gasteiger partial charge in [0.15, 0.2) is 0 Å². The van der Waals surface area contributed by atoms with Crippen LogP contribution in [-0.4, -0.2) is 6.18 Å². The fourth-order valence-electron chi connectivity index (χ4n) is 3.00. The van der Waals surface area contributed by atoms with Gasteiger partial charge in [0, 0.05) is 6.04 Å². The van der Waals surface area contributed by atoms with E-state index in [0.29, 0.717) is 6.42 Å². The van der Waals surface area contributed by atoms with Crippen LogP contribution in [-0.2, 0) is 0 Å². The Morgan fingerprint density at radius 3 is 2.63 bits per heavy atom. The smallest absolute Gasteiger partial charge is 0.324 e. The lowest BCUT2D eigenvalue weighted by Gasteiger charge is -2.34. The van der Waals surface area contributed by atoms with Crippen LogP contribution in [0.3, 0.4) is 0 Å². The molecule has 0 aromatic heterocycles. The molecule has 1 aliphatic carbocycles. The van der Waals surface area contributed by atoms with Crippen molar-refractivity contribution in [2.24, 2.45) is 17.6 Å². The van der Waals surface area contributed by atoms with Gasteiger partial charge in [-0.25, -0.2) is 0 Å². The first kappa shape index (κ1) is 14.4. The molecule has 3 atom stereocenters. The molecule has 1 fully saturated rings. The van der Waals surface area contributed by atoms with Crippen molar-refractivity contribution < 1.29 is 13.2 Å². The van der Waals surface area contributed by atoms with Gasteiger partial charge in [0.25, 0.3) is 0 Å². The van der Waals surface area contributed by atoms with E-state index >= 15 is 0 Å². The van der Waals surface area contributed by atoms with Crippen molar-refractivity contribution in [2.75, 3.05) is 0 Å². The molecule has 1 nitrogen and oxygen atoms in total. The van der Waals surface area contributed by atoms with Crippen LogP contribution in [0.1, 0.15) is 42.9 Å². The molecule has 2 N–H and O–H groups in total. The minimum atomic E-state index is -4.08. The van der Waals surface area contributed by atoms with Crippen molar-refractivity contribution in [1.29, 1.82) is 0 Å². The first-order valence-corrected chi connectivity index (χ1v) is 6.77. The fraction of sp³-hybridized carbons (Fsp3) is 0.600. The van der Waals surface area contributed by atoms with Gasteiger partial charge in [-0.1, -0.05) is 36.2 Å². The minimum absolute atomic E-state index is 0.0674. The molecule has 2 rings (SSSR count). The Hall–Kier alpha value is -1.03. The van der Waals surface area contributed by atoms with Crippen molar-refractivity contribution in [3.63, 3.8) is 0 Å². The molecule has 0 bridgehead atoms. The van der Waals surface area contributed by atoms with Gasteiger partial charge in [-0.3, -0.25) is 0 Å². The van der Waals surface area contributed by atoms with Crippen LogP contribution in [0.25, 0.3) is 0 Å². The van der Waals surface area contributed by atoms with Crippen molar-refractivity contribution >= 4 is 0 Å². The number of hydrogen-bond acceptors (Lipinski definition) is 1.